The minimum absolute atomic E-state index is 0.0409. The van der Waals surface area contributed by atoms with Gasteiger partial charge in [0.1, 0.15) is 6.61 Å². The van der Waals surface area contributed by atoms with Gasteiger partial charge in [-0.05, 0) is 36.1 Å². The van der Waals surface area contributed by atoms with Gasteiger partial charge in [-0.2, -0.15) is 0 Å². The number of hydrogen-bond donors (Lipinski definition) is 2. The van der Waals surface area contributed by atoms with Crippen LogP contribution >= 0.6 is 0 Å². The van der Waals surface area contributed by atoms with Crippen LogP contribution in [0.2, 0.25) is 0 Å². The zero-order valence-corrected chi connectivity index (χ0v) is 24.9. The number of alkyl carbamates (subject to hydrolysis) is 1. The molecule has 2 aliphatic rings. The summed E-state index contributed by atoms with van der Waals surface area (Å²) in [5.41, 5.74) is 4.05. The second-order valence-electron chi connectivity index (χ2n) is 10.6. The average Bonchev–Trinajstić information content (AvgIpc) is 3.27. The van der Waals surface area contributed by atoms with E-state index in [1.165, 1.54) is 13.8 Å². The maximum atomic E-state index is 12.9. The van der Waals surface area contributed by atoms with E-state index >= 15 is 0 Å². The van der Waals surface area contributed by atoms with Crippen molar-refractivity contribution in [2.45, 2.75) is 83.4 Å². The second kappa shape index (κ2) is 13.9. The van der Waals surface area contributed by atoms with Gasteiger partial charge in [0.2, 0.25) is 0 Å². The molecular weight excluding hydrogens is 578 g/mol. The van der Waals surface area contributed by atoms with Crippen LogP contribution in [0.5, 0.6) is 0 Å². The van der Waals surface area contributed by atoms with Crippen molar-refractivity contribution < 1.29 is 57.5 Å². The number of carboxylic acid groups (broad SMARTS) is 1. The molecular formula is C31H35NO12. The molecule has 0 aromatic heterocycles. The SMILES string of the molecule is CC(=O)O[C@H]1[C@H](OC(C)=O)[C@H](O[C@H](C)[C@H](NC(=O)OCC2c3ccccc3-c3ccccc32)C(=O)O)O[C@@H](C)[C@H]1OC(C)=O. The maximum Gasteiger partial charge on any atom is 0.407 e. The molecule has 0 saturated carbocycles. The van der Waals surface area contributed by atoms with E-state index in [1.807, 2.05) is 48.5 Å². The lowest BCUT2D eigenvalue weighted by molar-refractivity contribution is -0.310. The van der Waals surface area contributed by atoms with Crippen LogP contribution < -0.4 is 5.32 Å². The first-order chi connectivity index (χ1) is 20.9. The Hall–Kier alpha value is -4.49. The van der Waals surface area contributed by atoms with Crippen molar-refractivity contribution in [1.29, 1.82) is 0 Å². The van der Waals surface area contributed by atoms with Crippen molar-refractivity contribution in [3.8, 4) is 11.1 Å². The van der Waals surface area contributed by atoms with Crippen LogP contribution in [0.15, 0.2) is 48.5 Å². The first kappa shape index (κ1) is 32.4. The van der Waals surface area contributed by atoms with Crippen LogP contribution in [0.3, 0.4) is 0 Å². The van der Waals surface area contributed by atoms with Crippen LogP contribution in [0.1, 0.15) is 51.7 Å². The number of carbonyl (C=O) groups is 5. The Bertz CT molecular complexity index is 1360. The number of fused-ring (bicyclic) bond motifs is 3. The first-order valence-electron chi connectivity index (χ1n) is 14.0. The standard InChI is InChI=1S/C31H35NO12/c1-15(40-30-28(44-19(5)35)27(43-18(4)34)26(16(2)41-30)42-17(3)33)25(29(36)37)32-31(38)39-14-24-22-12-8-6-10-20(22)21-11-7-9-13-23(21)24/h6-13,15-16,24-28,30H,14H2,1-5H3,(H,32,38)(H,36,37)/t15-,16+,25+,26-,27-,28+,30-/m1/s1. The molecule has 1 amide bonds. The van der Waals surface area contributed by atoms with Gasteiger partial charge in [-0.15, -0.1) is 0 Å². The number of nitrogens with one attached hydrogen (secondary N) is 1. The predicted molar refractivity (Wildman–Crippen MR) is 151 cm³/mol. The average molecular weight is 614 g/mol. The summed E-state index contributed by atoms with van der Waals surface area (Å²) in [6.45, 7) is 6.20. The fourth-order valence-corrected chi connectivity index (χ4v) is 5.52. The van der Waals surface area contributed by atoms with Gasteiger partial charge in [0, 0.05) is 26.7 Å². The van der Waals surface area contributed by atoms with Crippen LogP contribution in [0.4, 0.5) is 4.79 Å². The number of ether oxygens (including phenoxy) is 6. The van der Waals surface area contributed by atoms with Crippen molar-refractivity contribution in [1.82, 2.24) is 5.32 Å². The van der Waals surface area contributed by atoms with E-state index in [9.17, 15) is 29.1 Å². The maximum absolute atomic E-state index is 12.9. The fourth-order valence-electron chi connectivity index (χ4n) is 5.52. The summed E-state index contributed by atoms with van der Waals surface area (Å²) < 4.78 is 33.1. The highest BCUT2D eigenvalue weighted by atomic mass is 16.7. The smallest absolute Gasteiger partial charge is 0.407 e. The molecule has 1 fully saturated rings. The van der Waals surface area contributed by atoms with Crippen LogP contribution in [-0.2, 0) is 47.6 Å². The molecule has 2 aromatic rings. The summed E-state index contributed by atoms with van der Waals surface area (Å²) in [7, 11) is 0. The van der Waals surface area contributed by atoms with Crippen molar-refractivity contribution >= 4 is 30.0 Å². The molecule has 4 rings (SSSR count). The number of esters is 3. The van der Waals surface area contributed by atoms with Crippen LogP contribution in [0.25, 0.3) is 11.1 Å². The number of rotatable bonds is 10. The molecule has 7 atom stereocenters. The third-order valence-electron chi connectivity index (χ3n) is 7.33. The molecule has 1 saturated heterocycles. The Kier molecular flexibility index (Phi) is 10.2. The molecule has 2 N–H and O–H groups in total. The van der Waals surface area contributed by atoms with Gasteiger partial charge in [0.15, 0.2) is 30.6 Å². The molecule has 2 aromatic carbocycles. The number of carbonyl (C=O) groups excluding carboxylic acids is 4. The molecule has 1 aliphatic carbocycles. The van der Waals surface area contributed by atoms with E-state index in [0.717, 1.165) is 43.0 Å². The lowest BCUT2D eigenvalue weighted by atomic mass is 9.98. The monoisotopic (exact) mass is 613 g/mol. The summed E-state index contributed by atoms with van der Waals surface area (Å²) in [5, 5.41) is 12.3. The molecule has 0 spiro atoms. The summed E-state index contributed by atoms with van der Waals surface area (Å²) in [5.74, 6) is -3.93. The lowest BCUT2D eigenvalue weighted by Crippen LogP contribution is -2.62. The summed E-state index contributed by atoms with van der Waals surface area (Å²) in [4.78, 5) is 60.7. The lowest BCUT2D eigenvalue weighted by Gasteiger charge is -2.44. The van der Waals surface area contributed by atoms with Crippen LogP contribution in [0, 0.1) is 0 Å². The van der Waals surface area contributed by atoms with Gasteiger partial charge in [0.25, 0.3) is 0 Å². The van der Waals surface area contributed by atoms with Gasteiger partial charge >= 0.3 is 30.0 Å². The van der Waals surface area contributed by atoms with E-state index in [1.54, 1.807) is 0 Å². The minimum atomic E-state index is -1.62. The van der Waals surface area contributed by atoms with E-state index in [-0.39, 0.29) is 12.5 Å². The zero-order valence-electron chi connectivity index (χ0n) is 24.9. The van der Waals surface area contributed by atoms with Crippen molar-refractivity contribution in [3.63, 3.8) is 0 Å². The molecule has 236 valence electrons. The first-order valence-corrected chi connectivity index (χ1v) is 14.0. The number of benzene rings is 2. The van der Waals surface area contributed by atoms with E-state index in [2.05, 4.69) is 5.32 Å². The summed E-state index contributed by atoms with van der Waals surface area (Å²) in [6, 6.07) is 13.9. The Morgan fingerprint density at radius 3 is 1.84 bits per heavy atom. The molecule has 1 heterocycles. The number of hydrogen-bond acceptors (Lipinski definition) is 11. The highest BCUT2D eigenvalue weighted by Crippen LogP contribution is 2.44. The Labute approximate surface area is 253 Å². The number of carboxylic acids is 1. The molecule has 13 nitrogen and oxygen atoms in total. The molecule has 0 radical (unpaired) electrons. The predicted octanol–water partition coefficient (Wildman–Crippen LogP) is 2.92. The molecule has 1 aliphatic heterocycles. The van der Waals surface area contributed by atoms with Crippen LogP contribution in [-0.4, -0.2) is 84.5 Å². The Balaban J connectivity index is 1.46. The Morgan fingerprint density at radius 1 is 0.818 bits per heavy atom. The Morgan fingerprint density at radius 2 is 1.32 bits per heavy atom. The summed E-state index contributed by atoms with van der Waals surface area (Å²) >= 11 is 0. The molecule has 0 unspecified atom stereocenters. The third-order valence-corrected chi connectivity index (χ3v) is 7.33. The summed E-state index contributed by atoms with van der Waals surface area (Å²) in [6.07, 6.45) is -8.59. The van der Waals surface area contributed by atoms with E-state index in [0.29, 0.717) is 0 Å². The van der Waals surface area contributed by atoms with E-state index in [4.69, 9.17) is 28.4 Å². The van der Waals surface area contributed by atoms with Gasteiger partial charge in [-0.25, -0.2) is 9.59 Å². The van der Waals surface area contributed by atoms with Gasteiger partial charge in [-0.1, -0.05) is 48.5 Å². The van der Waals surface area contributed by atoms with Crippen molar-refractivity contribution in [3.05, 3.63) is 59.7 Å². The fraction of sp³-hybridized carbons (Fsp3) is 0.452. The van der Waals surface area contributed by atoms with Crippen molar-refractivity contribution in [2.75, 3.05) is 6.61 Å². The molecule has 0 bridgehead atoms. The normalized spacial score (nSPS) is 23.7. The minimum Gasteiger partial charge on any atom is -0.480 e. The third kappa shape index (κ3) is 7.34. The number of amides is 1. The van der Waals surface area contributed by atoms with Crippen molar-refractivity contribution in [2.24, 2.45) is 0 Å². The topological polar surface area (TPSA) is 173 Å². The highest BCUT2D eigenvalue weighted by molar-refractivity contribution is 5.81. The van der Waals surface area contributed by atoms with E-state index < -0.39 is 72.8 Å². The molecule has 44 heavy (non-hydrogen) atoms. The molecule has 13 heteroatoms. The highest BCUT2D eigenvalue weighted by Gasteiger charge is 2.52. The van der Waals surface area contributed by atoms with Gasteiger partial charge < -0.3 is 38.8 Å². The largest absolute Gasteiger partial charge is 0.480 e. The second-order valence-corrected chi connectivity index (χ2v) is 10.6. The quantitative estimate of drug-likeness (QED) is 0.297. The zero-order chi connectivity index (χ0) is 32.1. The van der Waals surface area contributed by atoms with Gasteiger partial charge in [-0.3, -0.25) is 14.4 Å². The number of aliphatic carboxylic acids is 1. The van der Waals surface area contributed by atoms with Gasteiger partial charge in [0.05, 0.1) is 12.2 Å².